The molecular formula is C18H19NO4. The molecule has 0 spiro atoms. The summed E-state index contributed by atoms with van der Waals surface area (Å²) < 4.78 is 4.96. The summed E-state index contributed by atoms with van der Waals surface area (Å²) >= 11 is 0. The largest absolute Gasteiger partial charge is 0.508 e. The summed E-state index contributed by atoms with van der Waals surface area (Å²) in [5.74, 6) is -0.837. The van der Waals surface area contributed by atoms with E-state index in [0.29, 0.717) is 5.69 Å². The number of phenols is 1. The van der Waals surface area contributed by atoms with Gasteiger partial charge in [0.2, 0.25) is 0 Å². The van der Waals surface area contributed by atoms with E-state index < -0.39 is 11.9 Å². The number of amides is 1. The van der Waals surface area contributed by atoms with Crippen molar-refractivity contribution in [3.05, 3.63) is 59.7 Å². The van der Waals surface area contributed by atoms with Gasteiger partial charge in [0.05, 0.1) is 5.56 Å². The van der Waals surface area contributed by atoms with Crippen molar-refractivity contribution in [3.63, 3.8) is 0 Å². The maximum atomic E-state index is 12.0. The van der Waals surface area contributed by atoms with Gasteiger partial charge < -0.3 is 15.2 Å². The minimum Gasteiger partial charge on any atom is -0.508 e. The van der Waals surface area contributed by atoms with Crippen LogP contribution in [0.3, 0.4) is 0 Å². The maximum Gasteiger partial charge on any atom is 0.338 e. The number of rotatable bonds is 5. The lowest BCUT2D eigenvalue weighted by molar-refractivity contribution is -0.119. The van der Waals surface area contributed by atoms with Gasteiger partial charge in [0.1, 0.15) is 5.75 Å². The minimum absolute atomic E-state index is 0.0326. The average molecular weight is 313 g/mol. The van der Waals surface area contributed by atoms with Crippen LogP contribution in [0.2, 0.25) is 0 Å². The van der Waals surface area contributed by atoms with Gasteiger partial charge in [-0.1, -0.05) is 38.1 Å². The highest BCUT2D eigenvalue weighted by Gasteiger charge is 2.13. The summed E-state index contributed by atoms with van der Waals surface area (Å²) in [4.78, 5) is 23.8. The lowest BCUT2D eigenvalue weighted by atomic mass is 10.0. The number of para-hydroxylation sites is 1. The smallest absolute Gasteiger partial charge is 0.338 e. The van der Waals surface area contributed by atoms with Crippen LogP contribution in [0.4, 0.5) is 5.69 Å². The molecule has 0 aliphatic heterocycles. The molecule has 2 N–H and O–H groups in total. The Hall–Kier alpha value is -2.82. The number of benzene rings is 2. The van der Waals surface area contributed by atoms with E-state index in [2.05, 4.69) is 5.32 Å². The van der Waals surface area contributed by atoms with Crippen molar-refractivity contribution in [2.75, 3.05) is 11.9 Å². The monoisotopic (exact) mass is 313 g/mol. The molecule has 0 aromatic heterocycles. The quantitative estimate of drug-likeness (QED) is 0.830. The fourth-order valence-corrected chi connectivity index (χ4v) is 2.15. The molecule has 1 amide bonds. The third-order valence-corrected chi connectivity index (χ3v) is 3.27. The number of nitrogens with one attached hydrogen (secondary N) is 1. The van der Waals surface area contributed by atoms with Gasteiger partial charge in [-0.15, -0.1) is 0 Å². The van der Waals surface area contributed by atoms with Crippen LogP contribution in [0.5, 0.6) is 5.75 Å². The van der Waals surface area contributed by atoms with Gasteiger partial charge in [-0.25, -0.2) is 4.79 Å². The van der Waals surface area contributed by atoms with Gasteiger partial charge in [0, 0.05) is 5.69 Å². The minimum atomic E-state index is -0.659. The molecule has 0 atom stereocenters. The van der Waals surface area contributed by atoms with Crippen molar-refractivity contribution in [2.45, 2.75) is 19.8 Å². The first kappa shape index (κ1) is 16.5. The Morgan fingerprint density at radius 3 is 2.57 bits per heavy atom. The van der Waals surface area contributed by atoms with Crippen molar-refractivity contribution < 1.29 is 19.4 Å². The first-order chi connectivity index (χ1) is 11.0. The van der Waals surface area contributed by atoms with E-state index in [4.69, 9.17) is 4.74 Å². The zero-order valence-corrected chi connectivity index (χ0v) is 13.1. The van der Waals surface area contributed by atoms with E-state index in [1.165, 1.54) is 24.3 Å². The number of esters is 1. The van der Waals surface area contributed by atoms with E-state index in [9.17, 15) is 14.7 Å². The maximum absolute atomic E-state index is 12.0. The summed E-state index contributed by atoms with van der Waals surface area (Å²) in [5, 5.41) is 12.1. The van der Waals surface area contributed by atoms with E-state index in [1.807, 2.05) is 38.1 Å². The Labute approximate surface area is 134 Å². The number of anilines is 1. The molecule has 2 aromatic carbocycles. The average Bonchev–Trinajstić information content (AvgIpc) is 2.53. The molecule has 0 bridgehead atoms. The number of hydrogen-bond acceptors (Lipinski definition) is 4. The first-order valence-electron chi connectivity index (χ1n) is 7.32. The Balaban J connectivity index is 1.94. The van der Waals surface area contributed by atoms with Gasteiger partial charge in [-0.2, -0.15) is 0 Å². The van der Waals surface area contributed by atoms with Crippen molar-refractivity contribution in [1.29, 1.82) is 0 Å². The van der Waals surface area contributed by atoms with Crippen LogP contribution in [0, 0.1) is 0 Å². The number of ether oxygens (including phenoxy) is 1. The predicted octanol–water partition coefficient (Wildman–Crippen LogP) is 3.31. The molecule has 0 unspecified atom stereocenters. The molecule has 0 saturated carbocycles. The molecule has 0 aliphatic rings. The second-order valence-electron chi connectivity index (χ2n) is 5.42. The van der Waals surface area contributed by atoms with Crippen molar-refractivity contribution >= 4 is 17.6 Å². The molecule has 0 heterocycles. The highest BCUT2D eigenvalue weighted by molar-refractivity contribution is 5.96. The zero-order chi connectivity index (χ0) is 16.8. The second-order valence-corrected chi connectivity index (χ2v) is 5.42. The van der Waals surface area contributed by atoms with Gasteiger partial charge in [-0.3, -0.25) is 4.79 Å². The highest BCUT2D eigenvalue weighted by Crippen LogP contribution is 2.23. The van der Waals surface area contributed by atoms with Gasteiger partial charge in [-0.05, 0) is 35.7 Å². The third-order valence-electron chi connectivity index (χ3n) is 3.27. The standard InChI is InChI=1S/C18H19NO4/c1-12(2)15-8-3-4-9-16(15)19-17(21)11-23-18(22)13-6-5-7-14(20)10-13/h3-10,12,20H,11H2,1-2H3,(H,19,21). The van der Waals surface area contributed by atoms with Crippen LogP contribution >= 0.6 is 0 Å². The molecule has 5 heteroatoms. The first-order valence-corrected chi connectivity index (χ1v) is 7.32. The fraction of sp³-hybridized carbons (Fsp3) is 0.222. The molecular weight excluding hydrogens is 294 g/mol. The Morgan fingerprint density at radius 1 is 1.13 bits per heavy atom. The number of carbonyl (C=O) groups is 2. The fourth-order valence-electron chi connectivity index (χ4n) is 2.15. The molecule has 2 rings (SSSR count). The number of hydrogen-bond donors (Lipinski definition) is 2. The van der Waals surface area contributed by atoms with Crippen LogP contribution < -0.4 is 5.32 Å². The van der Waals surface area contributed by atoms with Crippen LogP contribution in [0.1, 0.15) is 35.7 Å². The summed E-state index contributed by atoms with van der Waals surface area (Å²) in [7, 11) is 0. The molecule has 0 radical (unpaired) electrons. The molecule has 0 aliphatic carbocycles. The van der Waals surface area contributed by atoms with Crippen molar-refractivity contribution in [1.82, 2.24) is 0 Å². The normalized spacial score (nSPS) is 10.4. The van der Waals surface area contributed by atoms with Crippen LogP contribution in [0.15, 0.2) is 48.5 Å². The lowest BCUT2D eigenvalue weighted by Gasteiger charge is -2.13. The van der Waals surface area contributed by atoms with Gasteiger partial charge in [0.25, 0.3) is 5.91 Å². The third kappa shape index (κ3) is 4.57. The topological polar surface area (TPSA) is 75.6 Å². The number of carbonyl (C=O) groups excluding carboxylic acids is 2. The Kier molecular flexibility index (Phi) is 5.36. The van der Waals surface area contributed by atoms with Crippen LogP contribution in [-0.2, 0) is 9.53 Å². The van der Waals surface area contributed by atoms with Gasteiger partial charge in [0.15, 0.2) is 6.61 Å². The van der Waals surface area contributed by atoms with Crippen molar-refractivity contribution in [2.24, 2.45) is 0 Å². The Morgan fingerprint density at radius 2 is 1.87 bits per heavy atom. The van der Waals surface area contributed by atoms with E-state index in [-0.39, 0.29) is 23.8 Å². The van der Waals surface area contributed by atoms with Crippen LogP contribution in [0.25, 0.3) is 0 Å². The van der Waals surface area contributed by atoms with E-state index in [1.54, 1.807) is 0 Å². The summed E-state index contributed by atoms with van der Waals surface area (Å²) in [6.45, 7) is 3.68. The van der Waals surface area contributed by atoms with E-state index >= 15 is 0 Å². The van der Waals surface area contributed by atoms with Crippen molar-refractivity contribution in [3.8, 4) is 5.75 Å². The molecule has 0 saturated heterocycles. The summed E-state index contributed by atoms with van der Waals surface area (Å²) in [6.07, 6.45) is 0. The predicted molar refractivity (Wildman–Crippen MR) is 87.6 cm³/mol. The van der Waals surface area contributed by atoms with Gasteiger partial charge >= 0.3 is 5.97 Å². The Bertz CT molecular complexity index is 710. The molecule has 2 aromatic rings. The zero-order valence-electron chi connectivity index (χ0n) is 13.1. The molecule has 5 nitrogen and oxygen atoms in total. The molecule has 120 valence electrons. The van der Waals surface area contributed by atoms with Crippen LogP contribution in [-0.4, -0.2) is 23.6 Å². The van der Waals surface area contributed by atoms with E-state index in [0.717, 1.165) is 5.56 Å². The molecule has 0 fully saturated rings. The lowest BCUT2D eigenvalue weighted by Crippen LogP contribution is -2.21. The number of phenolic OH excluding ortho intramolecular Hbond substituents is 1. The number of aromatic hydroxyl groups is 1. The second kappa shape index (κ2) is 7.45. The summed E-state index contributed by atoms with van der Waals surface area (Å²) in [5.41, 5.74) is 1.92. The summed E-state index contributed by atoms with van der Waals surface area (Å²) in [6, 6.07) is 13.3. The highest BCUT2D eigenvalue weighted by atomic mass is 16.5. The SMILES string of the molecule is CC(C)c1ccccc1NC(=O)COC(=O)c1cccc(O)c1. The molecule has 23 heavy (non-hydrogen) atoms.